The number of rotatable bonds is 7. The van der Waals surface area contributed by atoms with Crippen molar-refractivity contribution in [3.05, 3.63) is 47.9 Å². The van der Waals surface area contributed by atoms with Crippen molar-refractivity contribution >= 4 is 28.7 Å². The van der Waals surface area contributed by atoms with Crippen LogP contribution in [0, 0.1) is 6.92 Å². The fraction of sp³-hybridized carbons (Fsp3) is 0.368. The van der Waals surface area contributed by atoms with Gasteiger partial charge in [-0.3, -0.25) is 4.79 Å². The standard InChI is InChI=1S/C19H21F2N3O2S/c1-12(2)23(10-14-9-8-13(3)26-14)17(25)11-24-16-7-5-4-6-15(16)22-19(24)27-18(20)21/h4-9,12,18H,10-11H2,1-3H3. The van der Waals surface area contributed by atoms with E-state index < -0.39 is 5.76 Å². The second kappa shape index (κ2) is 8.12. The first-order chi connectivity index (χ1) is 12.8. The molecule has 0 aliphatic carbocycles. The minimum atomic E-state index is -2.61. The van der Waals surface area contributed by atoms with E-state index in [1.165, 1.54) is 0 Å². The molecule has 0 atom stereocenters. The summed E-state index contributed by atoms with van der Waals surface area (Å²) in [5.41, 5.74) is 1.25. The van der Waals surface area contributed by atoms with Crippen molar-refractivity contribution in [2.24, 2.45) is 0 Å². The van der Waals surface area contributed by atoms with E-state index in [0.717, 1.165) is 5.76 Å². The lowest BCUT2D eigenvalue weighted by molar-refractivity contribution is -0.134. The highest BCUT2D eigenvalue weighted by Crippen LogP contribution is 2.28. The molecule has 0 aliphatic rings. The molecular weight excluding hydrogens is 372 g/mol. The van der Waals surface area contributed by atoms with E-state index in [2.05, 4.69) is 4.98 Å². The van der Waals surface area contributed by atoms with Crippen molar-refractivity contribution in [3.63, 3.8) is 0 Å². The topological polar surface area (TPSA) is 51.3 Å². The Morgan fingerprint density at radius 1 is 1.26 bits per heavy atom. The first-order valence-electron chi connectivity index (χ1n) is 8.60. The molecule has 0 N–H and O–H groups in total. The maximum atomic E-state index is 13.0. The van der Waals surface area contributed by atoms with Crippen LogP contribution in [0.4, 0.5) is 8.78 Å². The summed E-state index contributed by atoms with van der Waals surface area (Å²) in [6.07, 6.45) is 0. The first kappa shape index (κ1) is 19.4. The number of benzene rings is 1. The number of nitrogens with zero attached hydrogens (tertiary/aromatic N) is 3. The summed E-state index contributed by atoms with van der Waals surface area (Å²) in [5.74, 6) is -1.33. The lowest BCUT2D eigenvalue weighted by atomic mass is 10.2. The summed E-state index contributed by atoms with van der Waals surface area (Å²) in [6.45, 7) is 5.93. The van der Waals surface area contributed by atoms with Crippen molar-refractivity contribution in [1.82, 2.24) is 14.5 Å². The minimum Gasteiger partial charge on any atom is -0.464 e. The molecule has 27 heavy (non-hydrogen) atoms. The smallest absolute Gasteiger partial charge is 0.291 e. The quantitative estimate of drug-likeness (QED) is 0.547. The van der Waals surface area contributed by atoms with Gasteiger partial charge in [0.1, 0.15) is 18.1 Å². The van der Waals surface area contributed by atoms with Crippen LogP contribution in [0.15, 0.2) is 46.0 Å². The SMILES string of the molecule is Cc1ccc(CN(C(=O)Cn2c(SC(F)F)nc3ccccc32)C(C)C)o1. The molecule has 0 spiro atoms. The molecule has 0 fully saturated rings. The maximum absolute atomic E-state index is 13.0. The Hall–Kier alpha value is -2.35. The van der Waals surface area contributed by atoms with Crippen LogP contribution in [0.25, 0.3) is 11.0 Å². The van der Waals surface area contributed by atoms with Crippen LogP contribution in [0.3, 0.4) is 0 Å². The lowest BCUT2D eigenvalue weighted by Gasteiger charge is -2.26. The maximum Gasteiger partial charge on any atom is 0.291 e. The van der Waals surface area contributed by atoms with Crippen LogP contribution in [0.1, 0.15) is 25.4 Å². The molecule has 144 valence electrons. The summed E-state index contributed by atoms with van der Waals surface area (Å²) in [4.78, 5) is 18.9. The Balaban J connectivity index is 1.88. The lowest BCUT2D eigenvalue weighted by Crippen LogP contribution is -2.38. The van der Waals surface area contributed by atoms with Crippen LogP contribution < -0.4 is 0 Å². The summed E-state index contributed by atoms with van der Waals surface area (Å²) >= 11 is 0.349. The Morgan fingerprint density at radius 3 is 2.63 bits per heavy atom. The molecule has 5 nitrogen and oxygen atoms in total. The van der Waals surface area contributed by atoms with Gasteiger partial charge in [0.25, 0.3) is 5.76 Å². The molecule has 1 amide bonds. The van der Waals surface area contributed by atoms with Gasteiger partial charge in [0.05, 0.1) is 17.6 Å². The van der Waals surface area contributed by atoms with Crippen molar-refractivity contribution in [3.8, 4) is 0 Å². The number of aryl methyl sites for hydroxylation is 1. The molecule has 0 saturated heterocycles. The summed E-state index contributed by atoms with van der Waals surface area (Å²) < 4.78 is 33.0. The number of hydrogen-bond donors (Lipinski definition) is 0. The molecule has 0 aliphatic heterocycles. The van der Waals surface area contributed by atoms with Gasteiger partial charge < -0.3 is 13.9 Å². The van der Waals surface area contributed by atoms with Crippen LogP contribution in [-0.4, -0.2) is 32.2 Å². The predicted octanol–water partition coefficient (Wildman–Crippen LogP) is 4.69. The van der Waals surface area contributed by atoms with Gasteiger partial charge in [0.15, 0.2) is 5.16 Å². The average molecular weight is 393 g/mol. The zero-order valence-corrected chi connectivity index (χ0v) is 16.2. The molecular formula is C19H21F2N3O2S. The zero-order chi connectivity index (χ0) is 19.6. The number of carbonyl (C=O) groups excluding carboxylic acids is 1. The number of halogens is 2. The van der Waals surface area contributed by atoms with E-state index in [-0.39, 0.29) is 23.7 Å². The van der Waals surface area contributed by atoms with Gasteiger partial charge in [-0.2, -0.15) is 8.78 Å². The third-order valence-corrected chi connectivity index (χ3v) is 4.87. The van der Waals surface area contributed by atoms with Gasteiger partial charge in [0.2, 0.25) is 5.91 Å². The summed E-state index contributed by atoms with van der Waals surface area (Å²) in [7, 11) is 0. The molecule has 2 heterocycles. The summed E-state index contributed by atoms with van der Waals surface area (Å²) in [6, 6.07) is 10.7. The second-order valence-electron chi connectivity index (χ2n) is 6.48. The minimum absolute atomic E-state index is 0.0621. The largest absolute Gasteiger partial charge is 0.464 e. The van der Waals surface area contributed by atoms with E-state index in [4.69, 9.17) is 4.42 Å². The van der Waals surface area contributed by atoms with Gasteiger partial charge in [0, 0.05) is 6.04 Å². The highest BCUT2D eigenvalue weighted by atomic mass is 32.2. The number of imidazole rings is 1. The molecule has 3 rings (SSSR count). The molecule has 1 aromatic carbocycles. The molecule has 2 aromatic heterocycles. The number of aromatic nitrogens is 2. The van der Waals surface area contributed by atoms with Gasteiger partial charge in [-0.25, -0.2) is 4.98 Å². The van der Waals surface area contributed by atoms with Crippen molar-refractivity contribution in [1.29, 1.82) is 0 Å². The van der Waals surface area contributed by atoms with E-state index in [1.807, 2.05) is 32.9 Å². The normalized spacial score (nSPS) is 11.7. The van der Waals surface area contributed by atoms with E-state index in [0.29, 0.717) is 35.1 Å². The number of hydrogen-bond acceptors (Lipinski definition) is 4. The van der Waals surface area contributed by atoms with Crippen molar-refractivity contribution < 1.29 is 18.0 Å². The Kier molecular flexibility index (Phi) is 5.84. The Morgan fingerprint density at radius 2 is 2.00 bits per heavy atom. The van der Waals surface area contributed by atoms with Crippen LogP contribution in [0.2, 0.25) is 0 Å². The number of amides is 1. The highest BCUT2D eigenvalue weighted by Gasteiger charge is 2.23. The number of furan rings is 1. The number of para-hydroxylation sites is 2. The average Bonchev–Trinajstić information content (AvgIpc) is 3.16. The highest BCUT2D eigenvalue weighted by molar-refractivity contribution is 7.99. The number of fused-ring (bicyclic) bond motifs is 1. The fourth-order valence-electron chi connectivity index (χ4n) is 2.90. The van der Waals surface area contributed by atoms with Gasteiger partial charge in [-0.05, 0) is 56.8 Å². The van der Waals surface area contributed by atoms with Crippen LogP contribution in [0.5, 0.6) is 0 Å². The van der Waals surface area contributed by atoms with Gasteiger partial charge in [-0.1, -0.05) is 12.1 Å². The second-order valence-corrected chi connectivity index (χ2v) is 7.43. The van der Waals surface area contributed by atoms with Crippen molar-refractivity contribution in [2.45, 2.75) is 50.8 Å². The van der Waals surface area contributed by atoms with E-state index in [9.17, 15) is 13.6 Å². The number of thioether (sulfide) groups is 1. The predicted molar refractivity (Wildman–Crippen MR) is 101 cm³/mol. The van der Waals surface area contributed by atoms with Gasteiger partial charge in [-0.15, -0.1) is 0 Å². The first-order valence-corrected chi connectivity index (χ1v) is 9.48. The van der Waals surface area contributed by atoms with E-state index in [1.54, 1.807) is 33.7 Å². The Bertz CT molecular complexity index is 936. The van der Waals surface area contributed by atoms with Crippen molar-refractivity contribution in [2.75, 3.05) is 0 Å². The fourth-order valence-corrected chi connectivity index (χ4v) is 3.50. The number of alkyl halides is 2. The van der Waals surface area contributed by atoms with Crippen LogP contribution >= 0.6 is 11.8 Å². The monoisotopic (exact) mass is 393 g/mol. The van der Waals surface area contributed by atoms with Crippen LogP contribution in [-0.2, 0) is 17.9 Å². The molecule has 8 heteroatoms. The molecule has 0 bridgehead atoms. The zero-order valence-electron chi connectivity index (χ0n) is 15.4. The Labute approximate surface area is 160 Å². The van der Waals surface area contributed by atoms with E-state index >= 15 is 0 Å². The third kappa shape index (κ3) is 4.50. The molecule has 0 saturated carbocycles. The third-order valence-electron chi connectivity index (χ3n) is 4.17. The number of carbonyl (C=O) groups is 1. The molecule has 0 unspecified atom stereocenters. The van der Waals surface area contributed by atoms with Gasteiger partial charge >= 0.3 is 0 Å². The molecule has 3 aromatic rings. The summed E-state index contributed by atoms with van der Waals surface area (Å²) in [5, 5.41) is 0.136. The molecule has 0 radical (unpaired) electrons.